The van der Waals surface area contributed by atoms with Crippen LogP contribution in [0.2, 0.25) is 0 Å². The van der Waals surface area contributed by atoms with Gasteiger partial charge in [0.15, 0.2) is 11.5 Å². The Kier molecular flexibility index (Phi) is 2.29. The molecule has 0 aliphatic carbocycles. The molecule has 2 heterocycles. The summed E-state index contributed by atoms with van der Waals surface area (Å²) in [5.74, 6) is 1.92. The zero-order valence-electron chi connectivity index (χ0n) is 9.09. The fourth-order valence-electron chi connectivity index (χ4n) is 1.69. The number of nitrogens with two attached hydrogens (primary N) is 1. The summed E-state index contributed by atoms with van der Waals surface area (Å²) in [4.78, 5) is 8.22. The summed E-state index contributed by atoms with van der Waals surface area (Å²) in [7, 11) is 0. The fraction of sp³-hybridized carbons (Fsp3) is 0.167. The second-order valence-electron chi connectivity index (χ2n) is 3.68. The third kappa shape index (κ3) is 1.87. The first-order chi connectivity index (χ1) is 8.33. The van der Waals surface area contributed by atoms with Crippen LogP contribution in [0.3, 0.4) is 0 Å². The summed E-state index contributed by atoms with van der Waals surface area (Å²) in [6, 6.07) is 5.70. The molecule has 0 bridgehead atoms. The Balaban J connectivity index is 2.01. The van der Waals surface area contributed by atoms with Crippen LogP contribution in [-0.2, 0) is 0 Å². The molecule has 0 saturated carbocycles. The van der Waals surface area contributed by atoms with E-state index in [9.17, 15) is 0 Å². The van der Waals surface area contributed by atoms with E-state index in [-0.39, 0.29) is 0 Å². The molecule has 5 heteroatoms. The van der Waals surface area contributed by atoms with Crippen LogP contribution in [0.4, 0.5) is 5.82 Å². The summed E-state index contributed by atoms with van der Waals surface area (Å²) in [6.45, 7) is 1.16. The number of benzene rings is 1. The van der Waals surface area contributed by atoms with E-state index < -0.39 is 0 Å². The van der Waals surface area contributed by atoms with Crippen molar-refractivity contribution in [3.8, 4) is 22.8 Å². The van der Waals surface area contributed by atoms with Crippen LogP contribution >= 0.6 is 0 Å². The minimum absolute atomic E-state index is 0.409. The smallest absolute Gasteiger partial charge is 0.162 e. The quantitative estimate of drug-likeness (QED) is 0.802. The molecule has 1 aliphatic heterocycles. The Morgan fingerprint density at radius 2 is 1.82 bits per heavy atom. The van der Waals surface area contributed by atoms with Crippen molar-refractivity contribution in [3.05, 3.63) is 30.6 Å². The van der Waals surface area contributed by atoms with Gasteiger partial charge < -0.3 is 15.2 Å². The van der Waals surface area contributed by atoms with Gasteiger partial charge >= 0.3 is 0 Å². The first-order valence-corrected chi connectivity index (χ1v) is 5.30. The van der Waals surface area contributed by atoms with Crippen molar-refractivity contribution in [1.82, 2.24) is 9.97 Å². The Hall–Kier alpha value is -2.30. The SMILES string of the molecule is Nc1cnc(-c2ccc3c(c2)OCCO3)cn1. The number of nitrogens with zero attached hydrogens (tertiary/aromatic N) is 2. The van der Waals surface area contributed by atoms with Crippen LogP contribution in [0.1, 0.15) is 0 Å². The van der Waals surface area contributed by atoms with Gasteiger partial charge in [0.25, 0.3) is 0 Å². The second-order valence-corrected chi connectivity index (χ2v) is 3.68. The number of hydrogen-bond acceptors (Lipinski definition) is 5. The van der Waals surface area contributed by atoms with Crippen LogP contribution in [0, 0.1) is 0 Å². The molecule has 1 aromatic carbocycles. The third-order valence-corrected chi connectivity index (χ3v) is 2.51. The zero-order valence-corrected chi connectivity index (χ0v) is 9.09. The van der Waals surface area contributed by atoms with Crippen molar-refractivity contribution in [1.29, 1.82) is 0 Å². The number of anilines is 1. The van der Waals surface area contributed by atoms with E-state index in [1.807, 2.05) is 18.2 Å². The lowest BCUT2D eigenvalue weighted by Crippen LogP contribution is -2.15. The lowest BCUT2D eigenvalue weighted by molar-refractivity contribution is 0.171. The molecule has 17 heavy (non-hydrogen) atoms. The van der Waals surface area contributed by atoms with Gasteiger partial charge in [-0.1, -0.05) is 0 Å². The summed E-state index contributed by atoms with van der Waals surface area (Å²) in [5.41, 5.74) is 7.19. The fourth-order valence-corrected chi connectivity index (χ4v) is 1.69. The standard InChI is InChI=1S/C12H11N3O2/c13-12-7-14-9(6-15-12)8-1-2-10-11(5-8)17-4-3-16-10/h1-2,5-7H,3-4H2,(H2,13,15). The van der Waals surface area contributed by atoms with E-state index in [1.54, 1.807) is 6.20 Å². The molecular formula is C12H11N3O2. The van der Waals surface area contributed by atoms with Crippen molar-refractivity contribution >= 4 is 5.82 Å². The Morgan fingerprint density at radius 1 is 1.00 bits per heavy atom. The van der Waals surface area contributed by atoms with E-state index in [0.717, 1.165) is 22.8 Å². The van der Waals surface area contributed by atoms with Crippen LogP contribution in [-0.4, -0.2) is 23.2 Å². The minimum Gasteiger partial charge on any atom is -0.486 e. The highest BCUT2D eigenvalue weighted by atomic mass is 16.6. The molecule has 0 fully saturated rings. The van der Waals surface area contributed by atoms with Gasteiger partial charge in [0.05, 0.1) is 18.1 Å². The van der Waals surface area contributed by atoms with Crippen LogP contribution < -0.4 is 15.2 Å². The molecule has 0 saturated heterocycles. The molecule has 2 N–H and O–H groups in total. The van der Waals surface area contributed by atoms with E-state index in [2.05, 4.69) is 9.97 Å². The van der Waals surface area contributed by atoms with Gasteiger partial charge in [-0.25, -0.2) is 4.98 Å². The Bertz CT molecular complexity index is 540. The second kappa shape index (κ2) is 3.93. The maximum absolute atomic E-state index is 5.51. The molecule has 1 aromatic heterocycles. The van der Waals surface area contributed by atoms with Crippen molar-refractivity contribution in [2.24, 2.45) is 0 Å². The van der Waals surface area contributed by atoms with Crippen LogP contribution in [0.25, 0.3) is 11.3 Å². The van der Waals surface area contributed by atoms with E-state index in [0.29, 0.717) is 19.0 Å². The van der Waals surface area contributed by atoms with Gasteiger partial charge in [-0.05, 0) is 18.2 Å². The highest BCUT2D eigenvalue weighted by molar-refractivity contribution is 5.63. The lowest BCUT2D eigenvalue weighted by Gasteiger charge is -2.18. The molecule has 0 amide bonds. The Morgan fingerprint density at radius 3 is 2.59 bits per heavy atom. The Labute approximate surface area is 98.2 Å². The zero-order chi connectivity index (χ0) is 11.7. The van der Waals surface area contributed by atoms with E-state index >= 15 is 0 Å². The van der Waals surface area contributed by atoms with Crippen molar-refractivity contribution in [2.45, 2.75) is 0 Å². The van der Waals surface area contributed by atoms with Crippen molar-refractivity contribution in [3.63, 3.8) is 0 Å². The first kappa shape index (κ1) is 9.89. The molecule has 0 spiro atoms. The maximum atomic E-state index is 5.51. The topological polar surface area (TPSA) is 70.3 Å². The number of aromatic nitrogens is 2. The predicted octanol–water partition coefficient (Wildman–Crippen LogP) is 1.50. The van der Waals surface area contributed by atoms with Crippen molar-refractivity contribution in [2.75, 3.05) is 18.9 Å². The molecule has 0 unspecified atom stereocenters. The number of nitrogen functional groups attached to an aromatic ring is 1. The minimum atomic E-state index is 0.409. The normalized spacial score (nSPS) is 13.4. The van der Waals surface area contributed by atoms with Gasteiger partial charge in [0, 0.05) is 5.56 Å². The van der Waals surface area contributed by atoms with Gasteiger partial charge in [-0.3, -0.25) is 4.98 Å². The van der Waals surface area contributed by atoms with Gasteiger partial charge in [-0.2, -0.15) is 0 Å². The van der Waals surface area contributed by atoms with Gasteiger partial charge in [-0.15, -0.1) is 0 Å². The molecular weight excluding hydrogens is 218 g/mol. The molecule has 2 aromatic rings. The number of rotatable bonds is 1. The molecule has 0 radical (unpaired) electrons. The van der Waals surface area contributed by atoms with Crippen LogP contribution in [0.15, 0.2) is 30.6 Å². The number of ether oxygens (including phenoxy) is 2. The maximum Gasteiger partial charge on any atom is 0.162 e. The highest BCUT2D eigenvalue weighted by Crippen LogP contribution is 2.33. The van der Waals surface area contributed by atoms with Gasteiger partial charge in [0.2, 0.25) is 0 Å². The molecule has 5 nitrogen and oxygen atoms in total. The average Bonchev–Trinajstić information content (AvgIpc) is 2.39. The van der Waals surface area contributed by atoms with Crippen molar-refractivity contribution < 1.29 is 9.47 Å². The average molecular weight is 229 g/mol. The van der Waals surface area contributed by atoms with E-state index in [1.165, 1.54) is 6.20 Å². The predicted molar refractivity (Wildman–Crippen MR) is 62.9 cm³/mol. The molecule has 86 valence electrons. The summed E-state index contributed by atoms with van der Waals surface area (Å²) in [6.07, 6.45) is 3.17. The van der Waals surface area contributed by atoms with E-state index in [4.69, 9.17) is 15.2 Å². The molecule has 0 atom stereocenters. The molecule has 1 aliphatic rings. The largest absolute Gasteiger partial charge is 0.486 e. The monoisotopic (exact) mass is 229 g/mol. The highest BCUT2D eigenvalue weighted by Gasteiger charge is 2.12. The lowest BCUT2D eigenvalue weighted by atomic mass is 10.1. The summed E-state index contributed by atoms with van der Waals surface area (Å²) >= 11 is 0. The first-order valence-electron chi connectivity index (χ1n) is 5.30. The third-order valence-electron chi connectivity index (χ3n) is 2.51. The summed E-state index contributed by atoms with van der Waals surface area (Å²) in [5, 5.41) is 0. The number of hydrogen-bond donors (Lipinski definition) is 1. The summed E-state index contributed by atoms with van der Waals surface area (Å²) < 4.78 is 11.0. The van der Waals surface area contributed by atoms with Gasteiger partial charge in [0.1, 0.15) is 19.0 Å². The number of fused-ring (bicyclic) bond motifs is 1. The van der Waals surface area contributed by atoms with Crippen LogP contribution in [0.5, 0.6) is 11.5 Å². The molecule has 3 rings (SSSR count).